The van der Waals surface area contributed by atoms with E-state index in [4.69, 9.17) is 10.5 Å². The van der Waals surface area contributed by atoms with Crippen molar-refractivity contribution in [3.63, 3.8) is 0 Å². The smallest absolute Gasteiger partial charge is 0.274 e. The number of likely N-dealkylation sites (tertiary alicyclic amines) is 1. The lowest BCUT2D eigenvalue weighted by Gasteiger charge is -2.39. The van der Waals surface area contributed by atoms with E-state index in [9.17, 15) is 4.79 Å². The lowest BCUT2D eigenvalue weighted by molar-refractivity contribution is -0.0442. The van der Waals surface area contributed by atoms with Crippen molar-refractivity contribution in [1.82, 2.24) is 14.7 Å². The highest BCUT2D eigenvalue weighted by Crippen LogP contribution is 2.25. The standard InChI is InChI=1S/C12H20N4O2/c1-12(18-3)5-4-6-16(8-12)11(17)10-9(13)7-14-15(10)2/h7H,4-6,8,13H2,1-3H3. The molecule has 1 aromatic heterocycles. The highest BCUT2D eigenvalue weighted by molar-refractivity contribution is 5.97. The molecule has 0 spiro atoms. The van der Waals surface area contributed by atoms with Crippen molar-refractivity contribution in [1.29, 1.82) is 0 Å². The van der Waals surface area contributed by atoms with Crippen LogP contribution in [0, 0.1) is 0 Å². The highest BCUT2D eigenvalue weighted by atomic mass is 16.5. The lowest BCUT2D eigenvalue weighted by Crippen LogP contribution is -2.50. The third-order valence-electron chi connectivity index (χ3n) is 3.61. The number of anilines is 1. The summed E-state index contributed by atoms with van der Waals surface area (Å²) in [7, 11) is 3.41. The first-order valence-electron chi connectivity index (χ1n) is 6.09. The molecule has 1 unspecified atom stereocenters. The molecule has 1 fully saturated rings. The van der Waals surface area contributed by atoms with Gasteiger partial charge in [-0.05, 0) is 19.8 Å². The molecule has 2 N–H and O–H groups in total. The Morgan fingerprint density at radius 2 is 2.33 bits per heavy atom. The van der Waals surface area contributed by atoms with Crippen molar-refractivity contribution in [2.75, 3.05) is 25.9 Å². The van der Waals surface area contributed by atoms with E-state index < -0.39 is 0 Å². The van der Waals surface area contributed by atoms with E-state index in [0.29, 0.717) is 17.9 Å². The Balaban J connectivity index is 2.19. The highest BCUT2D eigenvalue weighted by Gasteiger charge is 2.34. The zero-order valence-corrected chi connectivity index (χ0v) is 11.1. The van der Waals surface area contributed by atoms with Crippen LogP contribution in [0.3, 0.4) is 0 Å². The second kappa shape index (κ2) is 4.61. The topological polar surface area (TPSA) is 73.4 Å². The van der Waals surface area contributed by atoms with Crippen LogP contribution in [0.1, 0.15) is 30.3 Å². The molecule has 2 rings (SSSR count). The predicted molar refractivity (Wildman–Crippen MR) is 68.2 cm³/mol. The number of hydrogen-bond donors (Lipinski definition) is 1. The molecule has 1 amide bonds. The summed E-state index contributed by atoms with van der Waals surface area (Å²) in [6, 6.07) is 0. The van der Waals surface area contributed by atoms with Crippen LogP contribution in [-0.4, -0.2) is 46.4 Å². The summed E-state index contributed by atoms with van der Waals surface area (Å²) in [5.74, 6) is -0.0736. The third kappa shape index (κ3) is 2.20. The van der Waals surface area contributed by atoms with Crippen LogP contribution >= 0.6 is 0 Å². The maximum Gasteiger partial charge on any atom is 0.274 e. The number of nitrogens with two attached hydrogens (primary N) is 1. The number of ether oxygens (including phenoxy) is 1. The molecule has 18 heavy (non-hydrogen) atoms. The Kier molecular flexibility index (Phi) is 3.30. The summed E-state index contributed by atoms with van der Waals surface area (Å²) in [5.41, 5.74) is 6.40. The number of aryl methyl sites for hydroxylation is 1. The summed E-state index contributed by atoms with van der Waals surface area (Å²) in [4.78, 5) is 14.2. The van der Waals surface area contributed by atoms with E-state index in [-0.39, 0.29) is 11.5 Å². The van der Waals surface area contributed by atoms with Gasteiger partial charge in [0.25, 0.3) is 5.91 Å². The molecule has 6 nitrogen and oxygen atoms in total. The third-order valence-corrected chi connectivity index (χ3v) is 3.61. The average Bonchev–Trinajstić information content (AvgIpc) is 2.68. The molecule has 2 heterocycles. The van der Waals surface area contributed by atoms with Crippen LogP contribution in [0.15, 0.2) is 6.20 Å². The molecule has 1 aliphatic heterocycles. The van der Waals surface area contributed by atoms with Gasteiger partial charge in [-0.1, -0.05) is 0 Å². The molecule has 0 saturated carbocycles. The average molecular weight is 252 g/mol. The van der Waals surface area contributed by atoms with Crippen LogP contribution in [0.4, 0.5) is 5.69 Å². The molecule has 1 saturated heterocycles. The monoisotopic (exact) mass is 252 g/mol. The number of methoxy groups -OCH3 is 1. The minimum atomic E-state index is -0.263. The van der Waals surface area contributed by atoms with Crippen LogP contribution in [0.25, 0.3) is 0 Å². The zero-order valence-electron chi connectivity index (χ0n) is 11.1. The van der Waals surface area contributed by atoms with Gasteiger partial charge >= 0.3 is 0 Å². The normalized spacial score (nSPS) is 24.3. The first-order valence-corrected chi connectivity index (χ1v) is 6.09. The van der Waals surface area contributed by atoms with Gasteiger partial charge in [-0.2, -0.15) is 5.10 Å². The van der Waals surface area contributed by atoms with Crippen molar-refractivity contribution in [2.24, 2.45) is 7.05 Å². The van der Waals surface area contributed by atoms with Gasteiger partial charge in [0.1, 0.15) is 5.69 Å². The van der Waals surface area contributed by atoms with Crippen LogP contribution < -0.4 is 5.73 Å². The number of carbonyl (C=O) groups is 1. The Morgan fingerprint density at radius 1 is 1.61 bits per heavy atom. The maximum absolute atomic E-state index is 12.4. The fourth-order valence-electron chi connectivity index (χ4n) is 2.41. The first-order chi connectivity index (χ1) is 8.47. The van der Waals surface area contributed by atoms with Gasteiger partial charge < -0.3 is 15.4 Å². The minimum Gasteiger partial charge on any atom is -0.396 e. The fourth-order valence-corrected chi connectivity index (χ4v) is 2.41. The van der Waals surface area contributed by atoms with Gasteiger partial charge in [0.05, 0.1) is 17.5 Å². The van der Waals surface area contributed by atoms with Crippen LogP contribution in [-0.2, 0) is 11.8 Å². The van der Waals surface area contributed by atoms with E-state index >= 15 is 0 Å². The van der Waals surface area contributed by atoms with Gasteiger partial charge in [0.2, 0.25) is 0 Å². The molecule has 1 atom stereocenters. The Hall–Kier alpha value is -1.56. The van der Waals surface area contributed by atoms with E-state index in [1.54, 1.807) is 19.1 Å². The molecule has 0 bridgehead atoms. The second-order valence-corrected chi connectivity index (χ2v) is 5.06. The lowest BCUT2D eigenvalue weighted by atomic mass is 9.94. The number of nitrogens with zero attached hydrogens (tertiary/aromatic N) is 3. The summed E-state index contributed by atoms with van der Waals surface area (Å²) >= 11 is 0. The van der Waals surface area contributed by atoms with Crippen LogP contribution in [0.5, 0.6) is 0 Å². The maximum atomic E-state index is 12.4. The predicted octanol–water partition coefficient (Wildman–Crippen LogP) is 0.643. The first kappa shape index (κ1) is 12.9. The molecule has 1 aliphatic rings. The SMILES string of the molecule is COC1(C)CCCN(C(=O)c2c(N)cnn2C)C1. The quantitative estimate of drug-likeness (QED) is 0.838. The van der Waals surface area contributed by atoms with Gasteiger partial charge in [-0.25, -0.2) is 0 Å². The fraction of sp³-hybridized carbons (Fsp3) is 0.667. The Morgan fingerprint density at radius 3 is 2.89 bits per heavy atom. The van der Waals surface area contributed by atoms with Crippen molar-refractivity contribution in [3.05, 3.63) is 11.9 Å². The number of piperidine rings is 1. The van der Waals surface area contributed by atoms with Crippen molar-refractivity contribution < 1.29 is 9.53 Å². The van der Waals surface area contributed by atoms with Gasteiger partial charge in [-0.3, -0.25) is 9.48 Å². The molecule has 0 aromatic carbocycles. The van der Waals surface area contributed by atoms with E-state index in [0.717, 1.165) is 19.4 Å². The Bertz CT molecular complexity index is 437. The van der Waals surface area contributed by atoms with Crippen molar-refractivity contribution >= 4 is 11.6 Å². The van der Waals surface area contributed by atoms with Gasteiger partial charge in [-0.15, -0.1) is 0 Å². The molecule has 0 radical (unpaired) electrons. The minimum absolute atomic E-state index is 0.0736. The number of rotatable bonds is 2. The Labute approximate surface area is 107 Å². The summed E-state index contributed by atoms with van der Waals surface area (Å²) in [6.07, 6.45) is 3.41. The van der Waals surface area contributed by atoms with E-state index in [2.05, 4.69) is 5.10 Å². The summed E-state index contributed by atoms with van der Waals surface area (Å²) in [5, 5.41) is 4.00. The zero-order chi connectivity index (χ0) is 13.3. The summed E-state index contributed by atoms with van der Waals surface area (Å²) in [6.45, 7) is 3.36. The molecule has 6 heteroatoms. The number of aromatic nitrogens is 2. The van der Waals surface area contributed by atoms with Gasteiger partial charge in [0, 0.05) is 27.2 Å². The molecule has 100 valence electrons. The van der Waals surface area contributed by atoms with Crippen LogP contribution in [0.2, 0.25) is 0 Å². The molecular formula is C12H20N4O2. The molecule has 1 aromatic rings. The van der Waals surface area contributed by atoms with Gasteiger partial charge in [0.15, 0.2) is 0 Å². The number of hydrogen-bond acceptors (Lipinski definition) is 4. The van der Waals surface area contributed by atoms with E-state index in [1.165, 1.54) is 10.9 Å². The number of carbonyl (C=O) groups excluding carboxylic acids is 1. The largest absolute Gasteiger partial charge is 0.396 e. The molecular weight excluding hydrogens is 232 g/mol. The van der Waals surface area contributed by atoms with Crippen molar-refractivity contribution in [2.45, 2.75) is 25.4 Å². The molecule has 0 aliphatic carbocycles. The van der Waals surface area contributed by atoms with Crippen molar-refractivity contribution in [3.8, 4) is 0 Å². The van der Waals surface area contributed by atoms with E-state index in [1.807, 2.05) is 6.92 Å². The second-order valence-electron chi connectivity index (χ2n) is 5.06. The summed E-state index contributed by atoms with van der Waals surface area (Å²) < 4.78 is 7.01. The number of amides is 1. The number of nitrogen functional groups attached to an aromatic ring is 1.